The van der Waals surface area contributed by atoms with E-state index in [1.807, 2.05) is 24.3 Å². The number of para-hydroxylation sites is 1. The number of nitrogens with zero attached hydrogens (tertiary/aromatic N) is 2. The number of hydrazine groups is 2. The summed E-state index contributed by atoms with van der Waals surface area (Å²) in [5.74, 6) is 0.295. The van der Waals surface area contributed by atoms with E-state index in [2.05, 4.69) is 16.0 Å². The second-order valence-corrected chi connectivity index (χ2v) is 7.33. The molecule has 0 spiro atoms. The summed E-state index contributed by atoms with van der Waals surface area (Å²) in [7, 11) is -3.77. The van der Waals surface area contributed by atoms with Gasteiger partial charge in [-0.2, -0.15) is 0 Å². The van der Waals surface area contributed by atoms with Crippen LogP contribution < -0.4 is 16.0 Å². The second-order valence-electron chi connectivity index (χ2n) is 5.00. The van der Waals surface area contributed by atoms with Crippen LogP contribution >= 0.6 is 11.6 Å². The van der Waals surface area contributed by atoms with E-state index < -0.39 is 9.84 Å². The molecule has 2 aromatic carbocycles. The minimum absolute atomic E-state index is 0.00878. The summed E-state index contributed by atoms with van der Waals surface area (Å²) < 4.78 is 25.7. The van der Waals surface area contributed by atoms with Crippen molar-refractivity contribution < 1.29 is 8.42 Å². The topological polar surface area (TPSA) is 73.8 Å². The number of hydrogen-bond donors (Lipinski definition) is 2. The van der Waals surface area contributed by atoms with Crippen LogP contribution in [-0.4, -0.2) is 14.6 Å². The number of sulfone groups is 1. The SMILES string of the molecule is O=S(=O)(C1=C2N=Cc3ccccc3N2NN1)c1cccc(Cl)c1. The van der Waals surface area contributed by atoms with Gasteiger partial charge in [0.15, 0.2) is 10.9 Å². The number of hydrogen-bond acceptors (Lipinski definition) is 6. The highest BCUT2D eigenvalue weighted by atomic mass is 35.5. The van der Waals surface area contributed by atoms with Crippen molar-refractivity contribution in [1.82, 2.24) is 11.0 Å². The fourth-order valence-corrected chi connectivity index (χ4v) is 4.07. The lowest BCUT2D eigenvalue weighted by molar-refractivity contribution is 0.592. The first kappa shape index (κ1) is 14.3. The average molecular weight is 347 g/mol. The summed E-state index contributed by atoms with van der Waals surface area (Å²) in [4.78, 5) is 4.38. The van der Waals surface area contributed by atoms with E-state index in [1.165, 1.54) is 12.1 Å². The lowest BCUT2D eigenvalue weighted by Gasteiger charge is -2.23. The maximum absolute atomic E-state index is 12.8. The van der Waals surface area contributed by atoms with Gasteiger partial charge in [0.2, 0.25) is 9.84 Å². The monoisotopic (exact) mass is 346 g/mol. The van der Waals surface area contributed by atoms with Gasteiger partial charge in [-0.3, -0.25) is 5.43 Å². The number of anilines is 1. The molecular formula is C15H11ClN4O2S. The molecule has 8 heteroatoms. The van der Waals surface area contributed by atoms with Crippen molar-refractivity contribution in [2.45, 2.75) is 4.90 Å². The molecule has 4 rings (SSSR count). The van der Waals surface area contributed by atoms with Crippen LogP contribution in [0.3, 0.4) is 0 Å². The van der Waals surface area contributed by atoms with Crippen LogP contribution in [0.15, 0.2) is 69.3 Å². The Morgan fingerprint density at radius 3 is 2.74 bits per heavy atom. The lowest BCUT2D eigenvalue weighted by atomic mass is 10.1. The molecule has 0 amide bonds. The Hall–Kier alpha value is -2.35. The Kier molecular flexibility index (Phi) is 3.15. The van der Waals surface area contributed by atoms with Gasteiger partial charge in [0.1, 0.15) is 0 Å². The van der Waals surface area contributed by atoms with Gasteiger partial charge in [-0.1, -0.05) is 35.9 Å². The quantitative estimate of drug-likeness (QED) is 0.872. The summed E-state index contributed by atoms with van der Waals surface area (Å²) in [6.45, 7) is 0. The molecule has 0 unspecified atom stereocenters. The number of halogens is 1. The highest BCUT2D eigenvalue weighted by Gasteiger charge is 2.35. The van der Waals surface area contributed by atoms with E-state index in [-0.39, 0.29) is 9.92 Å². The molecule has 2 aromatic rings. The van der Waals surface area contributed by atoms with E-state index in [0.29, 0.717) is 10.8 Å². The normalized spacial score (nSPS) is 16.1. The van der Waals surface area contributed by atoms with Crippen LogP contribution in [0.5, 0.6) is 0 Å². The molecule has 2 aliphatic heterocycles. The number of nitrogens with one attached hydrogen (secondary N) is 2. The van der Waals surface area contributed by atoms with Crippen LogP contribution in [0.4, 0.5) is 5.69 Å². The van der Waals surface area contributed by atoms with Crippen molar-refractivity contribution in [3.05, 3.63) is 70.0 Å². The summed E-state index contributed by atoms with van der Waals surface area (Å²) >= 11 is 5.91. The number of benzene rings is 2. The first-order chi connectivity index (χ1) is 11.1. The third-order valence-electron chi connectivity index (χ3n) is 3.57. The average Bonchev–Trinajstić information content (AvgIpc) is 3.00. The van der Waals surface area contributed by atoms with Crippen molar-refractivity contribution in [3.8, 4) is 0 Å². The largest absolute Gasteiger partial charge is 0.290 e. The van der Waals surface area contributed by atoms with Gasteiger partial charge in [0, 0.05) is 16.8 Å². The van der Waals surface area contributed by atoms with E-state index in [9.17, 15) is 8.42 Å². The first-order valence-electron chi connectivity index (χ1n) is 6.77. The predicted molar refractivity (Wildman–Crippen MR) is 88.5 cm³/mol. The van der Waals surface area contributed by atoms with Crippen LogP contribution in [0, 0.1) is 0 Å². The minimum Gasteiger partial charge on any atom is -0.290 e. The number of rotatable bonds is 2. The van der Waals surface area contributed by atoms with Crippen LogP contribution in [-0.2, 0) is 9.84 Å². The molecule has 23 heavy (non-hydrogen) atoms. The molecule has 0 aliphatic carbocycles. The maximum Gasteiger partial charge on any atom is 0.226 e. The van der Waals surface area contributed by atoms with Gasteiger partial charge in [-0.15, -0.1) is 5.53 Å². The lowest BCUT2D eigenvalue weighted by Crippen LogP contribution is -2.39. The Morgan fingerprint density at radius 1 is 1.09 bits per heavy atom. The smallest absolute Gasteiger partial charge is 0.226 e. The number of fused-ring (bicyclic) bond motifs is 3. The van der Waals surface area contributed by atoms with E-state index in [4.69, 9.17) is 11.6 Å². The molecule has 6 nitrogen and oxygen atoms in total. The summed E-state index contributed by atoms with van der Waals surface area (Å²) in [6, 6.07) is 13.7. The molecule has 2 N–H and O–H groups in total. The molecule has 0 atom stereocenters. The summed E-state index contributed by atoms with van der Waals surface area (Å²) in [5.41, 5.74) is 7.26. The van der Waals surface area contributed by atoms with Crippen molar-refractivity contribution in [3.63, 3.8) is 0 Å². The molecular weight excluding hydrogens is 336 g/mol. The Labute approximate surface area is 138 Å². The first-order valence-corrected chi connectivity index (χ1v) is 8.63. The zero-order valence-corrected chi connectivity index (χ0v) is 13.3. The molecule has 116 valence electrons. The van der Waals surface area contributed by atoms with Crippen LogP contribution in [0.25, 0.3) is 0 Å². The second kappa shape index (κ2) is 5.09. The highest BCUT2D eigenvalue weighted by molar-refractivity contribution is 7.95. The molecule has 0 fully saturated rings. The molecule has 2 heterocycles. The van der Waals surface area contributed by atoms with Crippen LogP contribution in [0.1, 0.15) is 5.56 Å². The third-order valence-corrected chi connectivity index (χ3v) is 5.51. The fourth-order valence-electron chi connectivity index (χ4n) is 2.48. The van der Waals surface area contributed by atoms with Gasteiger partial charge in [0.05, 0.1) is 10.6 Å². The molecule has 0 radical (unpaired) electrons. The zero-order valence-electron chi connectivity index (χ0n) is 11.7. The van der Waals surface area contributed by atoms with Gasteiger partial charge in [-0.25, -0.2) is 18.4 Å². The molecule has 0 bridgehead atoms. The Balaban J connectivity index is 1.85. The summed E-state index contributed by atoms with van der Waals surface area (Å²) in [5, 5.41) is 1.95. The predicted octanol–water partition coefficient (Wildman–Crippen LogP) is 2.20. The third kappa shape index (κ3) is 2.21. The van der Waals surface area contributed by atoms with E-state index in [0.717, 1.165) is 11.3 Å². The molecule has 0 saturated heterocycles. The number of aliphatic imine (C=N–C) groups is 1. The maximum atomic E-state index is 12.8. The fraction of sp³-hybridized carbons (Fsp3) is 0. The van der Waals surface area contributed by atoms with Crippen molar-refractivity contribution in [2.24, 2.45) is 4.99 Å². The van der Waals surface area contributed by atoms with Gasteiger partial charge in [0.25, 0.3) is 0 Å². The standard InChI is InChI=1S/C15H11ClN4O2S/c16-11-5-3-6-12(8-11)23(21,22)15-14-17-9-10-4-1-2-7-13(10)20(14)19-18-15/h1-9,18-19H. The van der Waals surface area contributed by atoms with Crippen molar-refractivity contribution in [2.75, 3.05) is 5.01 Å². The summed E-state index contributed by atoms with van der Waals surface area (Å²) in [6.07, 6.45) is 1.64. The molecule has 0 saturated carbocycles. The van der Waals surface area contributed by atoms with Crippen LogP contribution in [0.2, 0.25) is 5.02 Å². The van der Waals surface area contributed by atoms with Gasteiger partial charge < -0.3 is 0 Å². The highest BCUT2D eigenvalue weighted by Crippen LogP contribution is 2.33. The molecule has 0 aromatic heterocycles. The van der Waals surface area contributed by atoms with E-state index in [1.54, 1.807) is 23.4 Å². The Morgan fingerprint density at radius 2 is 1.91 bits per heavy atom. The van der Waals surface area contributed by atoms with E-state index >= 15 is 0 Å². The zero-order chi connectivity index (χ0) is 16.0. The van der Waals surface area contributed by atoms with Crippen molar-refractivity contribution in [1.29, 1.82) is 0 Å². The Bertz CT molecular complexity index is 969. The molecule has 2 aliphatic rings. The minimum atomic E-state index is -3.77. The van der Waals surface area contributed by atoms with Crippen molar-refractivity contribution >= 4 is 33.3 Å². The van der Waals surface area contributed by atoms with Gasteiger partial charge >= 0.3 is 0 Å². The van der Waals surface area contributed by atoms with Gasteiger partial charge in [-0.05, 0) is 24.3 Å².